The van der Waals surface area contributed by atoms with Crippen molar-refractivity contribution in [2.24, 2.45) is 0 Å². The van der Waals surface area contributed by atoms with Gasteiger partial charge in [-0.25, -0.2) is 4.79 Å². The lowest BCUT2D eigenvalue weighted by Crippen LogP contribution is -2.63. The van der Waals surface area contributed by atoms with Gasteiger partial charge in [-0.15, -0.1) is 11.6 Å². The summed E-state index contributed by atoms with van der Waals surface area (Å²) in [5, 5.41) is 2.60. The van der Waals surface area contributed by atoms with Crippen LogP contribution in [0.3, 0.4) is 0 Å². The van der Waals surface area contributed by atoms with Gasteiger partial charge in [0.2, 0.25) is 0 Å². The topological polar surface area (TPSA) is 68.3 Å². The highest BCUT2D eigenvalue weighted by Crippen LogP contribution is 2.50. The zero-order valence-electron chi connectivity index (χ0n) is 29.0. The lowest BCUT2D eigenvalue weighted by molar-refractivity contribution is 0.0255. The molecule has 4 aliphatic heterocycles. The number of rotatable bonds is 16. The average Bonchev–Trinajstić information content (AvgIpc) is 3.34. The van der Waals surface area contributed by atoms with Crippen LogP contribution < -0.4 is 20.2 Å². The van der Waals surface area contributed by atoms with Crippen LogP contribution in [0, 0.1) is 0 Å². The zero-order valence-corrected chi connectivity index (χ0v) is 30.8. The molecule has 0 amide bonds. The van der Waals surface area contributed by atoms with E-state index >= 15 is 0 Å². The van der Waals surface area contributed by atoms with Crippen molar-refractivity contribution in [3.63, 3.8) is 0 Å². The lowest BCUT2D eigenvalue weighted by atomic mass is 9.78. The molecular weight excluding hydrogens is 652 g/mol. The van der Waals surface area contributed by atoms with E-state index in [-0.39, 0.29) is 11.8 Å². The Bertz CT molecular complexity index is 1630. The van der Waals surface area contributed by atoms with E-state index in [4.69, 9.17) is 25.8 Å². The smallest absolute Gasteiger partial charge is 0.340 e. The number of alkyl halides is 1. The minimum Gasteiger partial charge on any atom is -0.441 e. The molecule has 0 aliphatic carbocycles. The molecule has 49 heavy (non-hydrogen) atoms. The summed E-state index contributed by atoms with van der Waals surface area (Å²) in [6.45, 7) is 11.4. The first-order valence-corrected chi connectivity index (χ1v) is 21.8. The summed E-state index contributed by atoms with van der Waals surface area (Å²) >= 11 is 5.73. The zero-order chi connectivity index (χ0) is 34.0. The van der Waals surface area contributed by atoms with Crippen molar-refractivity contribution in [1.82, 2.24) is 0 Å². The van der Waals surface area contributed by atoms with E-state index in [1.54, 1.807) is 12.1 Å². The molecule has 2 saturated heterocycles. The Morgan fingerprint density at radius 2 is 1.35 bits per heavy atom. The van der Waals surface area contributed by atoms with Gasteiger partial charge in [0.15, 0.2) is 11.4 Å². The third-order valence-electron chi connectivity index (χ3n) is 11.0. The fraction of sp³-hybridized carbons (Fsp3) is 0.500. The Labute approximate surface area is 296 Å². The molecule has 7 nitrogen and oxygen atoms in total. The first-order valence-electron chi connectivity index (χ1n) is 18.3. The van der Waals surface area contributed by atoms with Crippen LogP contribution in [0.5, 0.6) is 0 Å². The normalized spacial score (nSPS) is 18.0. The van der Waals surface area contributed by atoms with Crippen molar-refractivity contribution in [1.29, 1.82) is 0 Å². The van der Waals surface area contributed by atoms with Gasteiger partial charge in [-0.3, -0.25) is 4.79 Å². The Hall–Kier alpha value is -3.17. The number of carbonyl (C=O) groups is 2. The number of Topliss-reactive ketones (excluding diaryl/α,β-unsaturated/α-hetero) is 1. The Balaban J connectivity index is 1.12. The number of anilines is 2. The fourth-order valence-corrected chi connectivity index (χ4v) is 11.2. The van der Waals surface area contributed by atoms with Crippen LogP contribution in [0.2, 0.25) is 13.1 Å². The Kier molecular flexibility index (Phi) is 10.2. The fourth-order valence-electron chi connectivity index (χ4n) is 7.83. The van der Waals surface area contributed by atoms with Crippen LogP contribution in [0.25, 0.3) is 0 Å². The second kappa shape index (κ2) is 14.6. The van der Waals surface area contributed by atoms with Crippen molar-refractivity contribution in [3.8, 4) is 0 Å². The van der Waals surface area contributed by atoms with Gasteiger partial charge >= 0.3 is 5.97 Å². The number of halogens is 1. The number of nitrogens with zero attached hydrogens (tertiary/aromatic N) is 2. The van der Waals surface area contributed by atoms with E-state index in [0.717, 1.165) is 81.0 Å². The first-order chi connectivity index (χ1) is 23.8. The Morgan fingerprint density at radius 1 is 0.755 bits per heavy atom. The molecule has 3 aromatic carbocycles. The molecule has 9 heteroatoms. The quantitative estimate of drug-likeness (QED) is 0.0556. The molecule has 0 unspecified atom stereocenters. The van der Waals surface area contributed by atoms with Crippen LogP contribution in [-0.4, -0.2) is 78.3 Å². The summed E-state index contributed by atoms with van der Waals surface area (Å²) in [5.41, 5.74) is 5.39. The third kappa shape index (κ3) is 6.46. The molecule has 2 fully saturated rings. The first kappa shape index (κ1) is 34.3. The molecule has 260 valence electrons. The number of carbonyl (C=O) groups excluding carboxylic acids is 2. The van der Waals surface area contributed by atoms with Crippen molar-refractivity contribution in [2.75, 3.05) is 68.3 Å². The van der Waals surface area contributed by atoms with Crippen LogP contribution >= 0.6 is 11.6 Å². The number of ether oxygens (including phenoxy) is 3. The van der Waals surface area contributed by atoms with Gasteiger partial charge in [-0.05, 0) is 78.9 Å². The molecule has 0 atom stereocenters. The Morgan fingerprint density at radius 3 is 1.92 bits per heavy atom. The number of hydrogen-bond acceptors (Lipinski definition) is 7. The van der Waals surface area contributed by atoms with Gasteiger partial charge < -0.3 is 24.0 Å². The molecule has 0 radical (unpaired) electrons. The van der Waals surface area contributed by atoms with Crippen LogP contribution in [0.1, 0.15) is 88.8 Å². The largest absolute Gasteiger partial charge is 0.441 e. The van der Waals surface area contributed by atoms with Crippen molar-refractivity contribution in [2.45, 2.75) is 70.1 Å². The maximum atomic E-state index is 13.7. The SMILES string of the molecule is C[Si]1(C)c2cc(N3CCC3)ccc2C2(OC(=O)c3ccc(C(=O)CCCOCCOCCCCCCCl)cc32)c2ccc(N3CCC3)cc21. The summed E-state index contributed by atoms with van der Waals surface area (Å²) < 4.78 is 18.0. The predicted molar refractivity (Wildman–Crippen MR) is 199 cm³/mol. The van der Waals surface area contributed by atoms with E-state index in [1.165, 1.54) is 34.6 Å². The van der Waals surface area contributed by atoms with E-state index in [9.17, 15) is 9.59 Å². The summed E-state index contributed by atoms with van der Waals surface area (Å²) in [6, 6.07) is 19.0. The number of unbranched alkanes of at least 4 members (excludes halogenated alkanes) is 3. The summed E-state index contributed by atoms with van der Waals surface area (Å²) in [4.78, 5) is 32.1. The minimum atomic E-state index is -2.22. The molecule has 0 bridgehead atoms. The third-order valence-corrected chi connectivity index (χ3v) is 14.8. The summed E-state index contributed by atoms with van der Waals surface area (Å²) in [5.74, 6) is 0.430. The minimum absolute atomic E-state index is 0.0429. The molecule has 1 spiro atoms. The summed E-state index contributed by atoms with van der Waals surface area (Å²) in [6.07, 6.45) is 7.80. The molecule has 0 N–H and O–H groups in total. The van der Waals surface area contributed by atoms with Gasteiger partial charge in [-0.2, -0.15) is 0 Å². The van der Waals surface area contributed by atoms with Gasteiger partial charge in [0.05, 0.1) is 18.8 Å². The number of ketones is 1. The van der Waals surface area contributed by atoms with Gasteiger partial charge in [0.1, 0.15) is 8.07 Å². The maximum Gasteiger partial charge on any atom is 0.340 e. The average molecular weight is 701 g/mol. The second-order valence-corrected chi connectivity index (χ2v) is 19.2. The van der Waals surface area contributed by atoms with Crippen molar-refractivity contribution >= 4 is 53.2 Å². The van der Waals surface area contributed by atoms with Gasteiger partial charge in [-0.1, -0.05) is 44.1 Å². The van der Waals surface area contributed by atoms with Crippen molar-refractivity contribution < 1.29 is 23.8 Å². The highest BCUT2D eigenvalue weighted by atomic mass is 35.5. The predicted octanol–water partition coefficient (Wildman–Crippen LogP) is 6.50. The van der Waals surface area contributed by atoms with Gasteiger partial charge in [0.25, 0.3) is 0 Å². The molecule has 0 aromatic heterocycles. The molecule has 4 aliphatic rings. The van der Waals surface area contributed by atoms with E-state index in [1.807, 2.05) is 6.07 Å². The van der Waals surface area contributed by atoms with E-state index in [2.05, 4.69) is 59.3 Å². The highest BCUT2D eigenvalue weighted by molar-refractivity contribution is 7.01. The maximum absolute atomic E-state index is 13.7. The van der Waals surface area contributed by atoms with E-state index in [0.29, 0.717) is 43.8 Å². The highest BCUT2D eigenvalue weighted by Gasteiger charge is 2.56. The van der Waals surface area contributed by atoms with Crippen LogP contribution in [0.15, 0.2) is 54.6 Å². The number of benzene rings is 3. The number of esters is 1. The van der Waals surface area contributed by atoms with Gasteiger partial charge in [0, 0.05) is 85.3 Å². The summed E-state index contributed by atoms with van der Waals surface area (Å²) in [7, 11) is -2.22. The van der Waals surface area contributed by atoms with Crippen LogP contribution in [0.4, 0.5) is 11.4 Å². The molecule has 7 rings (SSSR count). The molecule has 4 heterocycles. The molecule has 0 saturated carbocycles. The van der Waals surface area contributed by atoms with Crippen LogP contribution in [-0.2, 0) is 19.8 Å². The van der Waals surface area contributed by atoms with E-state index < -0.39 is 13.7 Å². The molecular formula is C40H49ClN2O5Si. The number of hydrogen-bond donors (Lipinski definition) is 0. The molecule has 3 aromatic rings. The second-order valence-electron chi connectivity index (χ2n) is 14.5. The van der Waals surface area contributed by atoms with Crippen molar-refractivity contribution in [3.05, 3.63) is 82.4 Å². The standard InChI is InChI=1S/C40H49ClN2O5Si/c1-49(2)37-27-30(42-18-8-19-42)12-15-33(37)40(34-16-13-31(28-38(34)49)43-20-9-21-43)35-26-29(11-14-32(35)39(45)48-40)36(44)10-7-23-47-25-24-46-22-6-4-3-5-17-41/h11-16,26-28H,3-10,17-25H2,1-2H3. The number of fused-ring (bicyclic) bond motifs is 6. The lowest BCUT2D eigenvalue weighted by Gasteiger charge is -2.45. The monoisotopic (exact) mass is 700 g/mol.